The highest BCUT2D eigenvalue weighted by Crippen LogP contribution is 2.30. The first-order chi connectivity index (χ1) is 14.8. The van der Waals surface area contributed by atoms with E-state index >= 15 is 0 Å². The molecule has 0 unspecified atom stereocenters. The van der Waals surface area contributed by atoms with Crippen LogP contribution in [0.25, 0.3) is 21.5 Å². The Morgan fingerprint density at radius 2 is 1.00 bits per heavy atom. The second-order valence-electron chi connectivity index (χ2n) is 6.56. The zero-order valence-corrected chi connectivity index (χ0v) is 16.3. The Morgan fingerprint density at radius 1 is 0.567 bits per heavy atom. The highest BCUT2D eigenvalue weighted by Gasteiger charge is 2.09. The van der Waals surface area contributed by atoms with Gasteiger partial charge in [0.15, 0.2) is 0 Å². The standard InChI is InChI=1S/C28H18O2/c1-3-19-29-27-17-13-21-9-5-7-11-23(21)25(27)15-16-26-24-12-8-6-10-22(24)14-18-28(26)30-20-4-2/h1-2,5-14,17-18H,19-20H2. The molecule has 0 aliphatic carbocycles. The van der Waals surface area contributed by atoms with Gasteiger partial charge in [-0.3, -0.25) is 0 Å². The molecule has 4 aromatic rings. The molecule has 0 saturated carbocycles. The van der Waals surface area contributed by atoms with E-state index in [1.807, 2.05) is 72.8 Å². The number of ether oxygens (including phenoxy) is 2. The zero-order chi connectivity index (χ0) is 20.8. The normalized spacial score (nSPS) is 9.93. The minimum atomic E-state index is 0.178. The topological polar surface area (TPSA) is 18.5 Å². The van der Waals surface area contributed by atoms with Crippen LogP contribution in [-0.2, 0) is 0 Å². The van der Waals surface area contributed by atoms with E-state index in [2.05, 4.69) is 23.7 Å². The molecule has 0 aliphatic heterocycles. The molecule has 0 atom stereocenters. The Kier molecular flexibility index (Phi) is 5.57. The molecule has 30 heavy (non-hydrogen) atoms. The molecule has 2 heteroatoms. The Balaban J connectivity index is 1.92. The van der Waals surface area contributed by atoms with Crippen molar-refractivity contribution in [1.29, 1.82) is 0 Å². The van der Waals surface area contributed by atoms with Crippen LogP contribution < -0.4 is 9.47 Å². The van der Waals surface area contributed by atoms with E-state index < -0.39 is 0 Å². The lowest BCUT2D eigenvalue weighted by atomic mass is 10.0. The maximum Gasteiger partial charge on any atom is 0.148 e. The van der Waals surface area contributed by atoms with Crippen molar-refractivity contribution in [3.8, 4) is 48.0 Å². The predicted octanol–water partition coefficient (Wildman–Crippen LogP) is 5.42. The van der Waals surface area contributed by atoms with Gasteiger partial charge in [-0.25, -0.2) is 0 Å². The Hall–Kier alpha value is -4.32. The maximum atomic E-state index is 5.77. The van der Waals surface area contributed by atoms with E-state index in [9.17, 15) is 0 Å². The fourth-order valence-corrected chi connectivity index (χ4v) is 3.37. The molecule has 0 aliphatic rings. The second-order valence-corrected chi connectivity index (χ2v) is 6.56. The number of fused-ring (bicyclic) bond motifs is 2. The summed E-state index contributed by atoms with van der Waals surface area (Å²) >= 11 is 0. The van der Waals surface area contributed by atoms with Gasteiger partial charge >= 0.3 is 0 Å². The number of hydrogen-bond acceptors (Lipinski definition) is 2. The molecule has 4 aromatic carbocycles. The van der Waals surface area contributed by atoms with Crippen LogP contribution in [0.3, 0.4) is 0 Å². The van der Waals surface area contributed by atoms with Gasteiger partial charge in [-0.1, -0.05) is 84.3 Å². The lowest BCUT2D eigenvalue weighted by molar-refractivity contribution is 0.369. The number of benzene rings is 4. The van der Waals surface area contributed by atoms with Crippen LogP contribution in [0.1, 0.15) is 11.1 Å². The summed E-state index contributed by atoms with van der Waals surface area (Å²) in [7, 11) is 0. The van der Waals surface area contributed by atoms with Crippen LogP contribution in [-0.4, -0.2) is 13.2 Å². The summed E-state index contributed by atoms with van der Waals surface area (Å²) in [5, 5.41) is 4.17. The van der Waals surface area contributed by atoms with E-state index in [4.69, 9.17) is 22.3 Å². The minimum Gasteiger partial charge on any atom is -0.480 e. The van der Waals surface area contributed by atoms with Crippen molar-refractivity contribution in [2.45, 2.75) is 0 Å². The molecule has 142 valence electrons. The number of rotatable bonds is 4. The molecule has 2 nitrogen and oxygen atoms in total. The van der Waals surface area contributed by atoms with E-state index in [1.54, 1.807) is 0 Å². The van der Waals surface area contributed by atoms with Gasteiger partial charge in [0.05, 0.1) is 11.1 Å². The van der Waals surface area contributed by atoms with Crippen molar-refractivity contribution >= 4 is 21.5 Å². The average Bonchev–Trinajstić information content (AvgIpc) is 2.80. The van der Waals surface area contributed by atoms with Crippen LogP contribution in [0.5, 0.6) is 11.5 Å². The van der Waals surface area contributed by atoms with E-state index in [0.29, 0.717) is 11.5 Å². The molecule has 0 fully saturated rings. The summed E-state index contributed by atoms with van der Waals surface area (Å²) in [5.41, 5.74) is 1.58. The molecular weight excluding hydrogens is 368 g/mol. The Labute approximate surface area is 176 Å². The largest absolute Gasteiger partial charge is 0.480 e. The Bertz CT molecular complexity index is 1270. The van der Waals surface area contributed by atoms with Crippen molar-refractivity contribution in [3.05, 3.63) is 83.9 Å². The Morgan fingerprint density at radius 3 is 1.43 bits per heavy atom. The first-order valence-corrected chi connectivity index (χ1v) is 9.50. The second kappa shape index (κ2) is 8.79. The highest BCUT2D eigenvalue weighted by atomic mass is 16.5. The van der Waals surface area contributed by atoms with Crippen molar-refractivity contribution < 1.29 is 9.47 Å². The number of terminal acetylenes is 2. The van der Waals surface area contributed by atoms with Gasteiger partial charge in [0, 0.05) is 10.8 Å². The van der Waals surface area contributed by atoms with Gasteiger partial charge in [0.2, 0.25) is 0 Å². The third kappa shape index (κ3) is 3.79. The molecule has 0 saturated heterocycles. The summed E-state index contributed by atoms with van der Waals surface area (Å²) in [5.74, 6) is 13.0. The highest BCUT2D eigenvalue weighted by molar-refractivity contribution is 5.93. The fourth-order valence-electron chi connectivity index (χ4n) is 3.37. The molecule has 0 radical (unpaired) electrons. The quantitative estimate of drug-likeness (QED) is 0.436. The molecule has 0 heterocycles. The predicted molar refractivity (Wildman–Crippen MR) is 123 cm³/mol. The van der Waals surface area contributed by atoms with Gasteiger partial charge in [-0.2, -0.15) is 0 Å². The lowest BCUT2D eigenvalue weighted by Gasteiger charge is -2.10. The van der Waals surface area contributed by atoms with Crippen molar-refractivity contribution in [3.63, 3.8) is 0 Å². The van der Waals surface area contributed by atoms with Crippen LogP contribution >= 0.6 is 0 Å². The summed E-state index contributed by atoms with van der Waals surface area (Å²) in [6, 6.07) is 23.9. The van der Waals surface area contributed by atoms with Gasteiger partial charge in [0.25, 0.3) is 0 Å². The monoisotopic (exact) mass is 386 g/mol. The number of hydrogen-bond donors (Lipinski definition) is 0. The smallest absolute Gasteiger partial charge is 0.148 e. The molecule has 0 aromatic heterocycles. The molecule has 0 N–H and O–H groups in total. The van der Waals surface area contributed by atoms with Gasteiger partial charge in [-0.05, 0) is 22.9 Å². The molecular formula is C28H18O2. The van der Waals surface area contributed by atoms with Gasteiger partial charge in [-0.15, -0.1) is 12.8 Å². The third-order valence-corrected chi connectivity index (χ3v) is 4.72. The SMILES string of the molecule is C#CCOc1ccc2ccccc2c1C#Cc1c(OCC#C)ccc2ccccc12. The van der Waals surface area contributed by atoms with Gasteiger partial charge in [0.1, 0.15) is 24.7 Å². The van der Waals surface area contributed by atoms with Gasteiger partial charge < -0.3 is 9.47 Å². The van der Waals surface area contributed by atoms with Crippen LogP contribution in [0.2, 0.25) is 0 Å². The van der Waals surface area contributed by atoms with Crippen LogP contribution in [0.15, 0.2) is 72.8 Å². The fraction of sp³-hybridized carbons (Fsp3) is 0.0714. The maximum absolute atomic E-state index is 5.77. The zero-order valence-electron chi connectivity index (χ0n) is 16.3. The molecule has 0 amide bonds. The van der Waals surface area contributed by atoms with E-state index in [0.717, 1.165) is 32.7 Å². The lowest BCUT2D eigenvalue weighted by Crippen LogP contribution is -1.98. The minimum absolute atomic E-state index is 0.178. The van der Waals surface area contributed by atoms with E-state index in [1.165, 1.54) is 0 Å². The molecule has 4 rings (SSSR count). The van der Waals surface area contributed by atoms with Crippen LogP contribution in [0, 0.1) is 36.5 Å². The molecule has 0 spiro atoms. The van der Waals surface area contributed by atoms with Crippen molar-refractivity contribution in [2.75, 3.05) is 13.2 Å². The first kappa shape index (κ1) is 19.0. The summed E-state index contributed by atoms with van der Waals surface area (Å²) in [6.07, 6.45) is 10.8. The summed E-state index contributed by atoms with van der Waals surface area (Å²) in [6.45, 7) is 0.357. The average molecular weight is 386 g/mol. The van der Waals surface area contributed by atoms with Crippen LogP contribution in [0.4, 0.5) is 0 Å². The molecule has 0 bridgehead atoms. The summed E-state index contributed by atoms with van der Waals surface area (Å²) < 4.78 is 11.5. The first-order valence-electron chi connectivity index (χ1n) is 9.50. The van der Waals surface area contributed by atoms with Crippen molar-refractivity contribution in [2.24, 2.45) is 0 Å². The third-order valence-electron chi connectivity index (χ3n) is 4.72. The summed E-state index contributed by atoms with van der Waals surface area (Å²) in [4.78, 5) is 0. The van der Waals surface area contributed by atoms with E-state index in [-0.39, 0.29) is 13.2 Å². The van der Waals surface area contributed by atoms with Crippen molar-refractivity contribution in [1.82, 2.24) is 0 Å².